The Kier molecular flexibility index (Phi) is 5.15. The van der Waals surface area contributed by atoms with Crippen LogP contribution in [0, 0.1) is 0 Å². The van der Waals surface area contributed by atoms with Crippen LogP contribution in [0.4, 0.5) is 0 Å². The number of carbonyl (C=O) groups excluding carboxylic acids is 1. The van der Waals surface area contributed by atoms with E-state index in [4.69, 9.17) is 14.7 Å². The molecule has 1 saturated heterocycles. The van der Waals surface area contributed by atoms with E-state index in [0.29, 0.717) is 30.4 Å². The maximum atomic E-state index is 12.3. The summed E-state index contributed by atoms with van der Waals surface area (Å²) in [6, 6.07) is 1.70. The monoisotopic (exact) mass is 366 g/mol. The number of hydrogen-bond donors (Lipinski definition) is 1. The van der Waals surface area contributed by atoms with Gasteiger partial charge in [-0.2, -0.15) is 4.98 Å². The van der Waals surface area contributed by atoms with Gasteiger partial charge in [-0.3, -0.25) is 4.79 Å². The number of nitrogens with two attached hydrogens (primary N) is 1. The molecule has 4 rings (SSSR count). The van der Waals surface area contributed by atoms with Crippen molar-refractivity contribution >= 4 is 18.3 Å². The molecule has 8 heteroatoms. The van der Waals surface area contributed by atoms with Crippen molar-refractivity contribution in [2.75, 3.05) is 13.1 Å². The van der Waals surface area contributed by atoms with E-state index >= 15 is 0 Å². The molecule has 2 aromatic rings. The Morgan fingerprint density at radius 1 is 1.28 bits per heavy atom. The summed E-state index contributed by atoms with van der Waals surface area (Å²) in [5, 5.41) is 4.14. The van der Waals surface area contributed by atoms with Crippen molar-refractivity contribution in [2.24, 2.45) is 5.73 Å². The van der Waals surface area contributed by atoms with Gasteiger partial charge in [0.05, 0.1) is 17.4 Å². The van der Waals surface area contributed by atoms with Crippen LogP contribution in [0.3, 0.4) is 0 Å². The molecule has 0 unspecified atom stereocenters. The summed E-state index contributed by atoms with van der Waals surface area (Å²) in [6.45, 7) is 1.36. The first-order valence-corrected chi connectivity index (χ1v) is 8.60. The maximum Gasteiger partial charge on any atom is 0.257 e. The third kappa shape index (κ3) is 3.43. The van der Waals surface area contributed by atoms with E-state index in [9.17, 15) is 4.79 Å². The van der Waals surface area contributed by atoms with E-state index in [1.807, 2.05) is 4.90 Å². The fourth-order valence-electron chi connectivity index (χ4n) is 3.73. The zero-order valence-electron chi connectivity index (χ0n) is 14.0. The van der Waals surface area contributed by atoms with Crippen molar-refractivity contribution in [1.82, 2.24) is 15.0 Å². The molecule has 1 aliphatic heterocycles. The minimum atomic E-state index is -0.417. The number of carbonyl (C=O) groups is 1. The predicted molar refractivity (Wildman–Crippen MR) is 92.5 cm³/mol. The molecule has 2 aromatic heterocycles. The number of halogens is 1. The van der Waals surface area contributed by atoms with Gasteiger partial charge in [-0.1, -0.05) is 18.0 Å². The third-order valence-electron chi connectivity index (χ3n) is 5.28. The van der Waals surface area contributed by atoms with Gasteiger partial charge in [-0.05, 0) is 31.7 Å². The highest BCUT2D eigenvalue weighted by Gasteiger charge is 2.37. The van der Waals surface area contributed by atoms with Crippen LogP contribution in [-0.2, 0) is 5.54 Å². The average Bonchev–Trinajstić information content (AvgIpc) is 3.35. The van der Waals surface area contributed by atoms with Crippen LogP contribution in [0.15, 0.2) is 27.5 Å². The van der Waals surface area contributed by atoms with Gasteiger partial charge in [0, 0.05) is 19.0 Å². The Morgan fingerprint density at radius 2 is 2.00 bits per heavy atom. The predicted octanol–water partition coefficient (Wildman–Crippen LogP) is 2.83. The molecule has 1 saturated carbocycles. The number of likely N-dealkylation sites (tertiary alicyclic amines) is 1. The molecule has 2 N–H and O–H groups in total. The summed E-state index contributed by atoms with van der Waals surface area (Å²) in [5.74, 6) is 1.52. The van der Waals surface area contributed by atoms with Gasteiger partial charge in [0.2, 0.25) is 5.89 Å². The normalized spacial score (nSPS) is 20.4. The maximum absolute atomic E-state index is 12.3. The van der Waals surface area contributed by atoms with Gasteiger partial charge in [0.25, 0.3) is 5.91 Å². The molecule has 25 heavy (non-hydrogen) atoms. The van der Waals surface area contributed by atoms with E-state index in [-0.39, 0.29) is 24.2 Å². The Hall–Kier alpha value is -1.86. The largest absolute Gasteiger partial charge is 0.472 e. The second-order valence-corrected chi connectivity index (χ2v) is 6.90. The molecular weight excluding hydrogens is 344 g/mol. The van der Waals surface area contributed by atoms with Crippen molar-refractivity contribution < 1.29 is 13.7 Å². The molecular formula is C17H23ClN4O3. The van der Waals surface area contributed by atoms with Crippen LogP contribution >= 0.6 is 12.4 Å². The van der Waals surface area contributed by atoms with Crippen LogP contribution in [0.5, 0.6) is 0 Å². The highest BCUT2D eigenvalue weighted by molar-refractivity contribution is 5.93. The lowest BCUT2D eigenvalue weighted by Gasteiger charge is -2.30. The van der Waals surface area contributed by atoms with Crippen molar-refractivity contribution in [3.63, 3.8) is 0 Å². The van der Waals surface area contributed by atoms with Crippen molar-refractivity contribution in [3.05, 3.63) is 35.9 Å². The summed E-state index contributed by atoms with van der Waals surface area (Å²) >= 11 is 0. The first kappa shape index (κ1) is 17.9. The topological polar surface area (TPSA) is 98.4 Å². The van der Waals surface area contributed by atoms with E-state index in [0.717, 1.165) is 38.5 Å². The highest BCUT2D eigenvalue weighted by atomic mass is 35.5. The standard InChI is InChI=1S/C17H22N4O3.ClH/c18-17(6-1-2-7-17)16-19-14(24-20-16)12-3-8-21(9-4-12)15(22)13-5-10-23-11-13;/h5,10-12H,1-4,6-9,18H2;1H. The summed E-state index contributed by atoms with van der Waals surface area (Å²) < 4.78 is 10.5. The number of amides is 1. The van der Waals surface area contributed by atoms with Gasteiger partial charge in [0.15, 0.2) is 5.82 Å². The number of furan rings is 1. The molecule has 0 spiro atoms. The minimum Gasteiger partial charge on any atom is -0.472 e. The Balaban J connectivity index is 0.00000182. The summed E-state index contributed by atoms with van der Waals surface area (Å²) in [5.41, 5.74) is 6.57. The Bertz CT molecular complexity index is 701. The lowest BCUT2D eigenvalue weighted by atomic mass is 9.95. The van der Waals surface area contributed by atoms with E-state index in [2.05, 4.69) is 10.1 Å². The van der Waals surface area contributed by atoms with E-state index in [1.54, 1.807) is 6.07 Å². The molecule has 3 heterocycles. The van der Waals surface area contributed by atoms with Gasteiger partial charge < -0.3 is 19.6 Å². The quantitative estimate of drug-likeness (QED) is 0.896. The fourth-order valence-corrected chi connectivity index (χ4v) is 3.73. The molecule has 0 radical (unpaired) electrons. The van der Waals surface area contributed by atoms with Crippen molar-refractivity contribution in [1.29, 1.82) is 0 Å². The van der Waals surface area contributed by atoms with E-state index in [1.165, 1.54) is 12.5 Å². The van der Waals surface area contributed by atoms with Crippen LogP contribution in [0.1, 0.15) is 66.5 Å². The Labute approximate surface area is 152 Å². The first-order chi connectivity index (χ1) is 11.7. The summed E-state index contributed by atoms with van der Waals surface area (Å²) in [7, 11) is 0. The zero-order valence-corrected chi connectivity index (χ0v) is 14.8. The van der Waals surface area contributed by atoms with Crippen LogP contribution in [0.2, 0.25) is 0 Å². The number of rotatable bonds is 3. The zero-order chi connectivity index (χ0) is 16.6. The van der Waals surface area contributed by atoms with Crippen LogP contribution < -0.4 is 5.73 Å². The van der Waals surface area contributed by atoms with Crippen molar-refractivity contribution in [3.8, 4) is 0 Å². The molecule has 0 atom stereocenters. The molecule has 2 fully saturated rings. The molecule has 0 bridgehead atoms. The van der Waals surface area contributed by atoms with Crippen LogP contribution in [0.25, 0.3) is 0 Å². The lowest BCUT2D eigenvalue weighted by Crippen LogP contribution is -2.38. The molecule has 1 aliphatic carbocycles. The molecule has 7 nitrogen and oxygen atoms in total. The number of piperidine rings is 1. The SMILES string of the molecule is Cl.NC1(c2noc(C3CCN(C(=O)c4ccoc4)CC3)n2)CCCC1. The van der Waals surface area contributed by atoms with Gasteiger partial charge in [0.1, 0.15) is 6.26 Å². The molecule has 136 valence electrons. The van der Waals surface area contributed by atoms with Crippen molar-refractivity contribution in [2.45, 2.75) is 50.0 Å². The minimum absolute atomic E-state index is 0. The Morgan fingerprint density at radius 3 is 2.64 bits per heavy atom. The smallest absolute Gasteiger partial charge is 0.257 e. The molecule has 2 aliphatic rings. The second-order valence-electron chi connectivity index (χ2n) is 6.90. The van der Waals surface area contributed by atoms with Crippen LogP contribution in [-0.4, -0.2) is 34.0 Å². The molecule has 1 amide bonds. The lowest BCUT2D eigenvalue weighted by molar-refractivity contribution is 0.0704. The number of nitrogens with zero attached hydrogens (tertiary/aromatic N) is 3. The summed E-state index contributed by atoms with van der Waals surface area (Å²) in [4.78, 5) is 18.8. The summed E-state index contributed by atoms with van der Waals surface area (Å²) in [6.07, 6.45) is 8.73. The molecule has 0 aromatic carbocycles. The van der Waals surface area contributed by atoms with E-state index < -0.39 is 5.54 Å². The van der Waals surface area contributed by atoms with Gasteiger partial charge in [-0.15, -0.1) is 12.4 Å². The van der Waals surface area contributed by atoms with Gasteiger partial charge >= 0.3 is 0 Å². The number of hydrogen-bond acceptors (Lipinski definition) is 6. The fraction of sp³-hybridized carbons (Fsp3) is 0.588. The highest BCUT2D eigenvalue weighted by Crippen LogP contribution is 2.36. The first-order valence-electron chi connectivity index (χ1n) is 8.60. The average molecular weight is 367 g/mol. The number of aromatic nitrogens is 2. The third-order valence-corrected chi connectivity index (χ3v) is 5.28. The second kappa shape index (κ2) is 7.17. The van der Waals surface area contributed by atoms with Gasteiger partial charge in [-0.25, -0.2) is 0 Å².